The van der Waals surface area contributed by atoms with Gasteiger partial charge in [-0.05, 0) is 31.7 Å². The first-order valence-corrected chi connectivity index (χ1v) is 4.12. The van der Waals surface area contributed by atoms with Gasteiger partial charge in [-0.1, -0.05) is 25.3 Å². The van der Waals surface area contributed by atoms with E-state index in [2.05, 4.69) is 23.5 Å². The standard InChI is InChI=1S/C11H16N2/c1-5-8-9-13-11(12-7-3)10(4)6-2/h5-9,12H,2-3H2,1,4H3/b8-5-,11-10+,13-9-. The average molecular weight is 176 g/mol. The second-order valence-electron chi connectivity index (χ2n) is 2.39. The van der Waals surface area contributed by atoms with Gasteiger partial charge in [0, 0.05) is 6.21 Å². The molecule has 0 spiro atoms. The van der Waals surface area contributed by atoms with Crippen LogP contribution >= 0.6 is 0 Å². The Morgan fingerprint density at radius 2 is 2.08 bits per heavy atom. The predicted octanol–water partition coefficient (Wildman–Crippen LogP) is 2.78. The van der Waals surface area contributed by atoms with Crippen molar-refractivity contribution >= 4 is 6.21 Å². The molecule has 0 aromatic carbocycles. The number of nitrogens with zero attached hydrogens (tertiary/aromatic N) is 1. The molecule has 0 aliphatic rings. The molecular weight excluding hydrogens is 160 g/mol. The largest absolute Gasteiger partial charge is 0.347 e. The van der Waals surface area contributed by atoms with Crippen molar-refractivity contribution in [1.29, 1.82) is 0 Å². The van der Waals surface area contributed by atoms with Crippen LogP contribution in [0.15, 0.2) is 54.0 Å². The van der Waals surface area contributed by atoms with E-state index in [1.165, 1.54) is 0 Å². The fourth-order valence-corrected chi connectivity index (χ4v) is 0.650. The summed E-state index contributed by atoms with van der Waals surface area (Å²) in [7, 11) is 0. The highest BCUT2D eigenvalue weighted by Crippen LogP contribution is 2.02. The van der Waals surface area contributed by atoms with Crippen LogP contribution in [0.1, 0.15) is 13.8 Å². The summed E-state index contributed by atoms with van der Waals surface area (Å²) in [6.45, 7) is 11.1. The fraction of sp³-hybridized carbons (Fsp3) is 0.182. The van der Waals surface area contributed by atoms with E-state index >= 15 is 0 Å². The molecule has 13 heavy (non-hydrogen) atoms. The topological polar surface area (TPSA) is 24.4 Å². The van der Waals surface area contributed by atoms with Crippen LogP contribution in [0, 0.1) is 0 Å². The van der Waals surface area contributed by atoms with Crippen LogP contribution in [0.2, 0.25) is 0 Å². The van der Waals surface area contributed by atoms with Crippen LogP contribution in [0.5, 0.6) is 0 Å². The van der Waals surface area contributed by atoms with Crippen LogP contribution in [0.3, 0.4) is 0 Å². The van der Waals surface area contributed by atoms with E-state index in [9.17, 15) is 0 Å². The Morgan fingerprint density at radius 3 is 2.54 bits per heavy atom. The molecule has 0 aromatic heterocycles. The first-order valence-electron chi connectivity index (χ1n) is 4.12. The summed E-state index contributed by atoms with van der Waals surface area (Å²) in [5.41, 5.74) is 0.987. The Kier molecular flexibility index (Phi) is 6.24. The summed E-state index contributed by atoms with van der Waals surface area (Å²) in [5.74, 6) is 0.767. The molecule has 0 rings (SSSR count). The molecule has 0 aliphatic carbocycles. The van der Waals surface area contributed by atoms with Crippen LogP contribution in [0.4, 0.5) is 0 Å². The predicted molar refractivity (Wildman–Crippen MR) is 59.5 cm³/mol. The van der Waals surface area contributed by atoms with Gasteiger partial charge < -0.3 is 5.32 Å². The van der Waals surface area contributed by atoms with E-state index in [0.29, 0.717) is 0 Å². The minimum absolute atomic E-state index is 0.767. The first-order chi connectivity index (χ1) is 6.26. The van der Waals surface area contributed by atoms with E-state index in [1.54, 1.807) is 18.5 Å². The average Bonchev–Trinajstić information content (AvgIpc) is 2.16. The van der Waals surface area contributed by atoms with E-state index in [0.717, 1.165) is 11.4 Å². The van der Waals surface area contributed by atoms with Gasteiger partial charge in [0.1, 0.15) is 5.82 Å². The molecule has 0 aliphatic heterocycles. The molecule has 2 heteroatoms. The van der Waals surface area contributed by atoms with Gasteiger partial charge in [-0.3, -0.25) is 0 Å². The number of allylic oxidation sites excluding steroid dienone is 4. The molecule has 0 fully saturated rings. The summed E-state index contributed by atoms with van der Waals surface area (Å²) >= 11 is 0. The summed E-state index contributed by atoms with van der Waals surface area (Å²) in [6, 6.07) is 0. The fourth-order valence-electron chi connectivity index (χ4n) is 0.650. The Morgan fingerprint density at radius 1 is 1.38 bits per heavy atom. The molecule has 0 bridgehead atoms. The summed E-state index contributed by atoms with van der Waals surface area (Å²) in [4.78, 5) is 4.19. The number of nitrogens with one attached hydrogen (secondary N) is 1. The molecule has 0 saturated carbocycles. The van der Waals surface area contributed by atoms with Gasteiger partial charge >= 0.3 is 0 Å². The van der Waals surface area contributed by atoms with Crippen molar-refractivity contribution in [2.24, 2.45) is 4.99 Å². The van der Waals surface area contributed by atoms with Crippen molar-refractivity contribution in [2.75, 3.05) is 0 Å². The van der Waals surface area contributed by atoms with Crippen molar-refractivity contribution in [1.82, 2.24) is 5.32 Å². The molecule has 0 atom stereocenters. The van der Waals surface area contributed by atoms with E-state index < -0.39 is 0 Å². The van der Waals surface area contributed by atoms with Crippen molar-refractivity contribution in [2.45, 2.75) is 13.8 Å². The zero-order valence-electron chi connectivity index (χ0n) is 8.25. The third-order valence-electron chi connectivity index (χ3n) is 1.40. The molecule has 0 aromatic rings. The lowest BCUT2D eigenvalue weighted by Crippen LogP contribution is -2.03. The van der Waals surface area contributed by atoms with Gasteiger partial charge in [-0.15, -0.1) is 0 Å². The van der Waals surface area contributed by atoms with Crippen LogP contribution in [0.25, 0.3) is 0 Å². The quantitative estimate of drug-likeness (QED) is 0.505. The Balaban J connectivity index is 4.61. The van der Waals surface area contributed by atoms with Gasteiger partial charge in [0.2, 0.25) is 0 Å². The van der Waals surface area contributed by atoms with E-state index in [1.807, 2.05) is 26.0 Å². The molecule has 0 unspecified atom stereocenters. The van der Waals surface area contributed by atoms with Crippen molar-refractivity contribution in [3.63, 3.8) is 0 Å². The van der Waals surface area contributed by atoms with E-state index in [4.69, 9.17) is 0 Å². The Hall–Kier alpha value is -1.57. The smallest absolute Gasteiger partial charge is 0.132 e. The lowest BCUT2D eigenvalue weighted by molar-refractivity contribution is 1.01. The normalized spacial score (nSPS) is 13.1. The van der Waals surface area contributed by atoms with Gasteiger partial charge in [0.15, 0.2) is 0 Å². The number of aliphatic imine (C=N–C) groups is 1. The Bertz CT molecular complexity index is 257. The molecule has 2 nitrogen and oxygen atoms in total. The molecule has 0 heterocycles. The zero-order valence-corrected chi connectivity index (χ0v) is 8.25. The highest BCUT2D eigenvalue weighted by molar-refractivity contribution is 5.72. The van der Waals surface area contributed by atoms with Crippen molar-refractivity contribution in [3.8, 4) is 0 Å². The summed E-state index contributed by atoms with van der Waals surface area (Å²) in [5, 5.41) is 2.93. The highest BCUT2D eigenvalue weighted by Gasteiger charge is 1.92. The maximum Gasteiger partial charge on any atom is 0.132 e. The minimum Gasteiger partial charge on any atom is -0.347 e. The van der Waals surface area contributed by atoms with Crippen LogP contribution in [-0.4, -0.2) is 6.21 Å². The molecule has 0 amide bonds. The summed E-state index contributed by atoms with van der Waals surface area (Å²) < 4.78 is 0. The molecule has 70 valence electrons. The first kappa shape index (κ1) is 11.4. The monoisotopic (exact) mass is 176 g/mol. The van der Waals surface area contributed by atoms with Gasteiger partial charge in [0.05, 0.1) is 0 Å². The highest BCUT2D eigenvalue weighted by atomic mass is 15.0. The summed E-state index contributed by atoms with van der Waals surface area (Å²) in [6.07, 6.45) is 8.84. The number of hydrogen-bond acceptors (Lipinski definition) is 2. The van der Waals surface area contributed by atoms with Gasteiger partial charge in [0.25, 0.3) is 0 Å². The third kappa shape index (κ3) is 4.80. The lowest BCUT2D eigenvalue weighted by atomic mass is 10.3. The van der Waals surface area contributed by atoms with Crippen molar-refractivity contribution < 1.29 is 0 Å². The third-order valence-corrected chi connectivity index (χ3v) is 1.40. The SMILES string of the molecule is C=CNC(/N=C\C=C/C)=C(/C)C=C. The maximum absolute atomic E-state index is 4.19. The van der Waals surface area contributed by atoms with Gasteiger partial charge in [-0.25, -0.2) is 4.99 Å². The molecule has 1 N–H and O–H groups in total. The second kappa shape index (κ2) is 7.10. The minimum atomic E-state index is 0.767. The van der Waals surface area contributed by atoms with Crippen molar-refractivity contribution in [3.05, 3.63) is 49.0 Å². The van der Waals surface area contributed by atoms with Crippen LogP contribution < -0.4 is 5.32 Å². The second-order valence-corrected chi connectivity index (χ2v) is 2.39. The van der Waals surface area contributed by atoms with Crippen LogP contribution in [-0.2, 0) is 0 Å². The molecule has 0 radical (unpaired) electrons. The Labute approximate surface area is 80.1 Å². The molecule has 0 saturated heterocycles. The van der Waals surface area contributed by atoms with Gasteiger partial charge in [-0.2, -0.15) is 0 Å². The zero-order chi connectivity index (χ0) is 10.1. The number of rotatable bonds is 5. The maximum atomic E-state index is 4.19. The van der Waals surface area contributed by atoms with E-state index in [-0.39, 0.29) is 0 Å². The molecular formula is C11H16N2. The number of hydrogen-bond donors (Lipinski definition) is 1. The lowest BCUT2D eigenvalue weighted by Gasteiger charge is -2.02.